The molecule has 0 N–H and O–H groups in total. The van der Waals surface area contributed by atoms with Crippen molar-refractivity contribution in [3.63, 3.8) is 0 Å². The number of carbonyl (C=O) groups excluding carboxylic acids is 1. The van der Waals surface area contributed by atoms with Gasteiger partial charge in [-0.05, 0) is 10.4 Å². The maximum absolute atomic E-state index is 11.8. The number of ketones is 1. The monoisotopic (exact) mass is 248 g/mol. The van der Waals surface area contributed by atoms with Crippen LogP contribution in [0.4, 0.5) is 0 Å². The van der Waals surface area contributed by atoms with Crippen molar-refractivity contribution in [2.45, 2.75) is 11.6 Å². The van der Waals surface area contributed by atoms with Crippen LogP contribution in [0.15, 0.2) is 35.5 Å². The molecule has 0 saturated heterocycles. The molecule has 1 aromatic heterocycles. The van der Waals surface area contributed by atoms with Gasteiger partial charge in [-0.15, -0.1) is 5.10 Å². The molecule has 1 heterocycles. The number of carbonyl (C=O) groups is 1. The van der Waals surface area contributed by atoms with E-state index < -0.39 is 0 Å². The van der Waals surface area contributed by atoms with Crippen LogP contribution in [0, 0.1) is 0 Å². The minimum atomic E-state index is 0.147. The van der Waals surface area contributed by atoms with Crippen molar-refractivity contribution >= 4 is 17.5 Å². The van der Waals surface area contributed by atoms with Crippen LogP contribution in [0.1, 0.15) is 16.8 Å². The van der Waals surface area contributed by atoms with Crippen LogP contribution in [-0.4, -0.2) is 31.7 Å². The molecule has 0 bridgehead atoms. The van der Waals surface area contributed by atoms with Crippen molar-refractivity contribution < 1.29 is 4.79 Å². The van der Waals surface area contributed by atoms with E-state index in [0.717, 1.165) is 10.7 Å². The molecule has 0 atom stereocenters. The maximum Gasteiger partial charge on any atom is 0.209 e. The van der Waals surface area contributed by atoms with Crippen molar-refractivity contribution in [1.82, 2.24) is 20.2 Å². The summed E-state index contributed by atoms with van der Waals surface area (Å²) < 4.78 is 1.59. The molecular weight excluding hydrogens is 236 g/mol. The van der Waals surface area contributed by atoms with Crippen molar-refractivity contribution in [1.29, 1.82) is 0 Å². The molecule has 0 amide bonds. The zero-order valence-corrected chi connectivity index (χ0v) is 10.2. The molecule has 0 saturated carbocycles. The smallest absolute Gasteiger partial charge is 0.209 e. The Morgan fingerprint density at radius 3 is 2.76 bits per heavy atom. The molecule has 88 valence electrons. The molecule has 2 aromatic rings. The minimum absolute atomic E-state index is 0.147. The Hall–Kier alpha value is -1.69. The highest BCUT2D eigenvalue weighted by atomic mass is 32.2. The average Bonchev–Trinajstić information content (AvgIpc) is 2.76. The Morgan fingerprint density at radius 2 is 2.12 bits per heavy atom. The number of hydrogen-bond acceptors (Lipinski definition) is 5. The Kier molecular flexibility index (Phi) is 3.87. The quantitative estimate of drug-likeness (QED) is 0.594. The van der Waals surface area contributed by atoms with Gasteiger partial charge in [0, 0.05) is 24.8 Å². The summed E-state index contributed by atoms with van der Waals surface area (Å²) in [4.78, 5) is 11.8. The molecule has 0 aliphatic rings. The molecule has 5 nitrogen and oxygen atoms in total. The maximum atomic E-state index is 11.8. The number of nitrogens with zero attached hydrogens (tertiary/aromatic N) is 4. The van der Waals surface area contributed by atoms with E-state index in [1.807, 2.05) is 30.3 Å². The van der Waals surface area contributed by atoms with Crippen molar-refractivity contribution in [3.05, 3.63) is 35.9 Å². The van der Waals surface area contributed by atoms with Gasteiger partial charge in [0.15, 0.2) is 5.78 Å². The third-order valence-corrected chi connectivity index (χ3v) is 3.25. The van der Waals surface area contributed by atoms with Gasteiger partial charge in [-0.3, -0.25) is 4.79 Å². The predicted molar refractivity (Wildman–Crippen MR) is 64.9 cm³/mol. The van der Waals surface area contributed by atoms with Gasteiger partial charge in [0.1, 0.15) is 0 Å². The zero-order chi connectivity index (χ0) is 12.1. The van der Waals surface area contributed by atoms with E-state index in [4.69, 9.17) is 0 Å². The van der Waals surface area contributed by atoms with Gasteiger partial charge >= 0.3 is 0 Å². The molecule has 1 aromatic carbocycles. The number of hydrogen-bond donors (Lipinski definition) is 0. The molecule has 0 aliphatic heterocycles. The highest BCUT2D eigenvalue weighted by molar-refractivity contribution is 7.99. The minimum Gasteiger partial charge on any atom is -0.294 e. The number of tetrazole rings is 1. The van der Waals surface area contributed by atoms with Crippen molar-refractivity contribution in [2.75, 3.05) is 5.75 Å². The molecule has 0 radical (unpaired) electrons. The molecule has 0 unspecified atom stereocenters. The van der Waals surface area contributed by atoms with E-state index >= 15 is 0 Å². The molecule has 17 heavy (non-hydrogen) atoms. The standard InChI is InChI=1S/C11H12N4OS/c1-15-11(12-13-14-15)17-8-7-10(16)9-5-3-2-4-6-9/h2-6H,7-8H2,1H3. The van der Waals surface area contributed by atoms with E-state index in [9.17, 15) is 4.79 Å². The fraction of sp³-hybridized carbons (Fsp3) is 0.273. The number of thioether (sulfide) groups is 1. The molecule has 2 rings (SSSR count). The predicted octanol–water partition coefficient (Wildman–Crippen LogP) is 1.58. The van der Waals surface area contributed by atoms with Crippen LogP contribution in [0.25, 0.3) is 0 Å². The second-order valence-electron chi connectivity index (χ2n) is 3.47. The Labute approximate surface area is 103 Å². The summed E-state index contributed by atoms with van der Waals surface area (Å²) in [5, 5.41) is 11.8. The summed E-state index contributed by atoms with van der Waals surface area (Å²) in [5.74, 6) is 0.829. The van der Waals surface area contributed by atoms with E-state index in [1.165, 1.54) is 11.8 Å². The third-order valence-electron chi connectivity index (χ3n) is 2.24. The van der Waals surface area contributed by atoms with Crippen molar-refractivity contribution in [3.8, 4) is 0 Å². The number of rotatable bonds is 5. The van der Waals surface area contributed by atoms with Crippen LogP contribution in [0.5, 0.6) is 0 Å². The lowest BCUT2D eigenvalue weighted by Crippen LogP contribution is -2.01. The summed E-state index contributed by atoms with van der Waals surface area (Å²) in [6, 6.07) is 9.30. The Balaban J connectivity index is 1.84. The summed E-state index contributed by atoms with van der Waals surface area (Å²) >= 11 is 1.48. The van der Waals surface area contributed by atoms with Gasteiger partial charge in [-0.1, -0.05) is 42.1 Å². The molecule has 6 heteroatoms. The second-order valence-corrected chi connectivity index (χ2v) is 4.53. The fourth-order valence-corrected chi connectivity index (χ4v) is 2.13. The first-order valence-electron chi connectivity index (χ1n) is 5.21. The first-order valence-corrected chi connectivity index (χ1v) is 6.19. The zero-order valence-electron chi connectivity index (χ0n) is 9.41. The lowest BCUT2D eigenvalue weighted by molar-refractivity contribution is 0.0989. The van der Waals surface area contributed by atoms with E-state index in [0.29, 0.717) is 12.2 Å². The molecular formula is C11H12N4OS. The van der Waals surface area contributed by atoms with Crippen LogP contribution in [0.3, 0.4) is 0 Å². The SMILES string of the molecule is Cn1nnnc1SCCC(=O)c1ccccc1. The molecule has 0 aliphatic carbocycles. The Bertz CT molecular complexity index is 497. The Morgan fingerprint density at radius 1 is 1.35 bits per heavy atom. The van der Waals surface area contributed by atoms with Gasteiger partial charge < -0.3 is 0 Å². The molecule has 0 fully saturated rings. The van der Waals surface area contributed by atoms with Gasteiger partial charge in [0.2, 0.25) is 5.16 Å². The third kappa shape index (κ3) is 3.13. The first-order chi connectivity index (χ1) is 8.27. The highest BCUT2D eigenvalue weighted by Gasteiger charge is 2.07. The van der Waals surface area contributed by atoms with Crippen LogP contribution in [0.2, 0.25) is 0 Å². The highest BCUT2D eigenvalue weighted by Crippen LogP contribution is 2.15. The average molecular weight is 248 g/mol. The summed E-state index contributed by atoms with van der Waals surface area (Å²) in [7, 11) is 1.78. The van der Waals surface area contributed by atoms with Gasteiger partial charge in [-0.2, -0.15) is 0 Å². The van der Waals surface area contributed by atoms with Crippen LogP contribution >= 0.6 is 11.8 Å². The van der Waals surface area contributed by atoms with Crippen molar-refractivity contribution in [2.24, 2.45) is 7.05 Å². The topological polar surface area (TPSA) is 60.7 Å². The number of aromatic nitrogens is 4. The normalized spacial score (nSPS) is 10.4. The lowest BCUT2D eigenvalue weighted by atomic mass is 10.1. The van der Waals surface area contributed by atoms with Gasteiger partial charge in [0.05, 0.1) is 0 Å². The second kappa shape index (κ2) is 5.58. The van der Waals surface area contributed by atoms with Crippen LogP contribution < -0.4 is 0 Å². The largest absolute Gasteiger partial charge is 0.294 e. The van der Waals surface area contributed by atoms with E-state index in [1.54, 1.807) is 11.7 Å². The van der Waals surface area contributed by atoms with E-state index in [-0.39, 0.29) is 5.78 Å². The molecule has 0 spiro atoms. The van der Waals surface area contributed by atoms with Gasteiger partial charge in [-0.25, -0.2) is 4.68 Å². The number of Topliss-reactive ketones (excluding diaryl/α,β-unsaturated/α-hetero) is 1. The number of aryl methyl sites for hydroxylation is 1. The van der Waals surface area contributed by atoms with E-state index in [2.05, 4.69) is 15.5 Å². The summed E-state index contributed by atoms with van der Waals surface area (Å²) in [5.41, 5.74) is 0.754. The van der Waals surface area contributed by atoms with Crippen LogP contribution in [-0.2, 0) is 7.05 Å². The lowest BCUT2D eigenvalue weighted by Gasteiger charge is -2.00. The summed E-state index contributed by atoms with van der Waals surface area (Å²) in [6.07, 6.45) is 0.488. The fourth-order valence-electron chi connectivity index (χ4n) is 1.35. The summed E-state index contributed by atoms with van der Waals surface area (Å²) in [6.45, 7) is 0. The first kappa shape index (κ1) is 11.8. The van der Waals surface area contributed by atoms with Gasteiger partial charge in [0.25, 0.3) is 0 Å². The number of benzene rings is 1.